The first-order valence-electron chi connectivity index (χ1n) is 7.58. The van der Waals surface area contributed by atoms with Crippen LogP contribution in [-0.2, 0) is 11.3 Å². The van der Waals surface area contributed by atoms with Crippen LogP contribution in [0.5, 0.6) is 0 Å². The van der Waals surface area contributed by atoms with Crippen LogP contribution in [0.4, 0.5) is 0 Å². The van der Waals surface area contributed by atoms with E-state index in [0.29, 0.717) is 18.7 Å². The Morgan fingerprint density at radius 2 is 1.77 bits per heavy atom. The highest BCUT2D eigenvalue weighted by molar-refractivity contribution is 5.93. The largest absolute Gasteiger partial charge is 0.355 e. The van der Waals surface area contributed by atoms with E-state index in [0.717, 1.165) is 12.0 Å². The van der Waals surface area contributed by atoms with Gasteiger partial charge in [0.25, 0.3) is 5.91 Å². The molecule has 5 nitrogen and oxygen atoms in total. The second-order valence-corrected chi connectivity index (χ2v) is 6.23. The van der Waals surface area contributed by atoms with Gasteiger partial charge in [-0.25, -0.2) is 0 Å². The van der Waals surface area contributed by atoms with Crippen LogP contribution in [0.25, 0.3) is 0 Å². The van der Waals surface area contributed by atoms with Crippen LogP contribution in [0.2, 0.25) is 0 Å². The molecule has 1 aromatic carbocycles. The highest BCUT2D eigenvalue weighted by Crippen LogP contribution is 2.08. The predicted octanol–water partition coefficient (Wildman–Crippen LogP) is 1.78. The second kappa shape index (κ2) is 7.94. The molecule has 0 atom stereocenters. The fraction of sp³-hybridized carbons (Fsp3) is 0.529. The molecular formula is C17H27N3O2. The SMILES string of the molecule is CCC(C)(C)NC(=O)CN(C)Cc1ccc(C(=O)NC)cc1. The van der Waals surface area contributed by atoms with E-state index in [1.54, 1.807) is 19.2 Å². The van der Waals surface area contributed by atoms with Crippen molar-refractivity contribution in [2.24, 2.45) is 0 Å². The van der Waals surface area contributed by atoms with E-state index >= 15 is 0 Å². The molecule has 1 aromatic rings. The normalized spacial score (nSPS) is 11.4. The Kier molecular flexibility index (Phi) is 6.56. The molecule has 1 rings (SSSR count). The van der Waals surface area contributed by atoms with Crippen molar-refractivity contribution in [2.45, 2.75) is 39.3 Å². The Morgan fingerprint density at radius 3 is 2.27 bits per heavy atom. The minimum atomic E-state index is -0.174. The lowest BCUT2D eigenvalue weighted by atomic mass is 10.0. The van der Waals surface area contributed by atoms with Crippen LogP contribution >= 0.6 is 0 Å². The molecule has 0 spiro atoms. The smallest absolute Gasteiger partial charge is 0.251 e. The molecule has 0 aliphatic carbocycles. The van der Waals surface area contributed by atoms with Crippen molar-refractivity contribution in [1.29, 1.82) is 0 Å². The molecule has 5 heteroatoms. The topological polar surface area (TPSA) is 61.4 Å². The summed E-state index contributed by atoms with van der Waals surface area (Å²) in [7, 11) is 3.52. The van der Waals surface area contributed by atoms with Gasteiger partial charge in [0.15, 0.2) is 0 Å². The Bertz CT molecular complexity index is 509. The van der Waals surface area contributed by atoms with Crippen molar-refractivity contribution in [3.63, 3.8) is 0 Å². The molecule has 122 valence electrons. The van der Waals surface area contributed by atoms with Crippen LogP contribution in [-0.4, -0.2) is 42.9 Å². The highest BCUT2D eigenvalue weighted by Gasteiger charge is 2.18. The van der Waals surface area contributed by atoms with Gasteiger partial charge in [0.2, 0.25) is 5.91 Å². The van der Waals surface area contributed by atoms with Gasteiger partial charge >= 0.3 is 0 Å². The summed E-state index contributed by atoms with van der Waals surface area (Å²) in [5, 5.41) is 5.61. The van der Waals surface area contributed by atoms with E-state index in [1.165, 1.54) is 0 Å². The van der Waals surface area contributed by atoms with Gasteiger partial charge in [-0.05, 0) is 45.0 Å². The molecule has 2 N–H and O–H groups in total. The predicted molar refractivity (Wildman–Crippen MR) is 88.7 cm³/mol. The Hall–Kier alpha value is -1.88. The van der Waals surface area contributed by atoms with Gasteiger partial charge in [-0.15, -0.1) is 0 Å². The number of carbonyl (C=O) groups excluding carboxylic acids is 2. The van der Waals surface area contributed by atoms with Crippen LogP contribution in [0.3, 0.4) is 0 Å². The number of nitrogens with one attached hydrogen (secondary N) is 2. The minimum Gasteiger partial charge on any atom is -0.355 e. The first-order chi connectivity index (χ1) is 10.3. The average molecular weight is 305 g/mol. The molecule has 0 heterocycles. The number of rotatable bonds is 7. The van der Waals surface area contributed by atoms with Crippen molar-refractivity contribution >= 4 is 11.8 Å². The zero-order valence-corrected chi connectivity index (χ0v) is 14.2. The molecule has 0 saturated heterocycles. The van der Waals surface area contributed by atoms with Crippen LogP contribution in [0, 0.1) is 0 Å². The quantitative estimate of drug-likeness (QED) is 0.807. The summed E-state index contributed by atoms with van der Waals surface area (Å²) in [5.41, 5.74) is 1.53. The number of hydrogen-bond acceptors (Lipinski definition) is 3. The van der Waals surface area contributed by atoms with E-state index < -0.39 is 0 Å². The summed E-state index contributed by atoms with van der Waals surface area (Å²) in [6.45, 7) is 7.09. The summed E-state index contributed by atoms with van der Waals surface area (Å²) in [6, 6.07) is 7.41. The van der Waals surface area contributed by atoms with Crippen LogP contribution < -0.4 is 10.6 Å². The van der Waals surface area contributed by atoms with Crippen molar-refractivity contribution in [3.05, 3.63) is 35.4 Å². The number of amides is 2. The Labute approximate surface area is 133 Å². The van der Waals surface area contributed by atoms with Crippen LogP contribution in [0.1, 0.15) is 43.1 Å². The second-order valence-electron chi connectivity index (χ2n) is 6.23. The molecule has 2 amide bonds. The molecular weight excluding hydrogens is 278 g/mol. The van der Waals surface area contributed by atoms with E-state index in [9.17, 15) is 9.59 Å². The monoisotopic (exact) mass is 305 g/mol. The van der Waals surface area contributed by atoms with Gasteiger partial charge in [-0.2, -0.15) is 0 Å². The molecule has 0 fully saturated rings. The third-order valence-corrected chi connectivity index (χ3v) is 3.67. The first kappa shape index (κ1) is 18.2. The zero-order chi connectivity index (χ0) is 16.8. The third-order valence-electron chi connectivity index (χ3n) is 3.67. The van der Waals surface area contributed by atoms with Gasteiger partial charge in [0.05, 0.1) is 6.54 Å². The number of likely N-dealkylation sites (N-methyl/N-ethyl adjacent to an activating group) is 1. The number of benzene rings is 1. The Balaban J connectivity index is 2.53. The number of hydrogen-bond donors (Lipinski definition) is 2. The lowest BCUT2D eigenvalue weighted by molar-refractivity contribution is -0.123. The minimum absolute atomic E-state index is 0.0244. The molecule has 0 saturated carbocycles. The molecule has 22 heavy (non-hydrogen) atoms. The standard InChI is InChI=1S/C17H27N3O2/c1-6-17(2,3)19-15(21)12-20(5)11-13-7-9-14(10-8-13)16(22)18-4/h7-10H,6,11-12H2,1-5H3,(H,18,22)(H,19,21). The summed E-state index contributed by atoms with van der Waals surface area (Å²) in [4.78, 5) is 25.4. The van der Waals surface area contributed by atoms with Crippen molar-refractivity contribution in [2.75, 3.05) is 20.6 Å². The van der Waals surface area contributed by atoms with Gasteiger partial charge in [0, 0.05) is 24.7 Å². The molecule has 0 bridgehead atoms. The van der Waals surface area contributed by atoms with Gasteiger partial charge < -0.3 is 10.6 Å². The fourth-order valence-electron chi connectivity index (χ4n) is 2.02. The molecule has 0 unspecified atom stereocenters. The Morgan fingerprint density at radius 1 is 1.18 bits per heavy atom. The lowest BCUT2D eigenvalue weighted by Gasteiger charge is -2.26. The third kappa shape index (κ3) is 5.85. The summed E-state index contributed by atoms with van der Waals surface area (Å²) >= 11 is 0. The molecule has 0 aliphatic heterocycles. The first-order valence-corrected chi connectivity index (χ1v) is 7.58. The molecule has 0 aromatic heterocycles. The highest BCUT2D eigenvalue weighted by atomic mass is 16.2. The average Bonchev–Trinajstić information content (AvgIpc) is 2.46. The van der Waals surface area contributed by atoms with E-state index in [4.69, 9.17) is 0 Å². The maximum Gasteiger partial charge on any atom is 0.251 e. The maximum absolute atomic E-state index is 12.0. The zero-order valence-electron chi connectivity index (χ0n) is 14.2. The van der Waals surface area contributed by atoms with Gasteiger partial charge in [-0.1, -0.05) is 19.1 Å². The maximum atomic E-state index is 12.0. The number of carbonyl (C=O) groups is 2. The molecule has 0 radical (unpaired) electrons. The van der Waals surface area contributed by atoms with E-state index in [2.05, 4.69) is 17.6 Å². The van der Waals surface area contributed by atoms with Crippen LogP contribution in [0.15, 0.2) is 24.3 Å². The van der Waals surface area contributed by atoms with Gasteiger partial charge in [0.1, 0.15) is 0 Å². The fourth-order valence-corrected chi connectivity index (χ4v) is 2.02. The van der Waals surface area contributed by atoms with Crippen molar-refractivity contribution < 1.29 is 9.59 Å². The summed E-state index contributed by atoms with van der Waals surface area (Å²) < 4.78 is 0. The summed E-state index contributed by atoms with van der Waals surface area (Å²) in [5.74, 6) is -0.0718. The summed E-state index contributed by atoms with van der Waals surface area (Å²) in [6.07, 6.45) is 0.892. The lowest BCUT2D eigenvalue weighted by Crippen LogP contribution is -2.46. The number of nitrogens with zero attached hydrogens (tertiary/aromatic N) is 1. The van der Waals surface area contributed by atoms with E-state index in [1.807, 2.05) is 37.9 Å². The van der Waals surface area contributed by atoms with Gasteiger partial charge in [-0.3, -0.25) is 14.5 Å². The van der Waals surface area contributed by atoms with E-state index in [-0.39, 0.29) is 17.4 Å². The van der Waals surface area contributed by atoms with Crippen molar-refractivity contribution in [3.8, 4) is 0 Å². The molecule has 0 aliphatic rings. The van der Waals surface area contributed by atoms with Crippen molar-refractivity contribution in [1.82, 2.24) is 15.5 Å².